The number of hydrogen-bond acceptors (Lipinski definition) is 6. The number of benzene rings is 1. The molecule has 0 spiro atoms. The largest absolute Gasteiger partial charge is 0.366 e. The summed E-state index contributed by atoms with van der Waals surface area (Å²) in [5.74, 6) is -0.307. The predicted octanol–water partition coefficient (Wildman–Crippen LogP) is 1.76. The van der Waals surface area contributed by atoms with Crippen LogP contribution in [-0.2, 0) is 14.6 Å². The van der Waals surface area contributed by atoms with E-state index in [1.165, 1.54) is 6.07 Å². The summed E-state index contributed by atoms with van der Waals surface area (Å²) in [5.41, 5.74) is 3.14. The van der Waals surface area contributed by atoms with Gasteiger partial charge in [-0.2, -0.15) is 5.10 Å². The Kier molecular flexibility index (Phi) is 6.02. The van der Waals surface area contributed by atoms with Gasteiger partial charge in [-0.15, -0.1) is 0 Å². The third-order valence-corrected chi connectivity index (χ3v) is 7.80. The van der Waals surface area contributed by atoms with Crippen LogP contribution < -0.4 is 10.2 Å². The van der Waals surface area contributed by atoms with Gasteiger partial charge in [0.05, 0.1) is 46.9 Å². The molecule has 2 saturated heterocycles. The van der Waals surface area contributed by atoms with E-state index in [1.54, 1.807) is 18.2 Å². The van der Waals surface area contributed by atoms with Crippen molar-refractivity contribution in [3.05, 3.63) is 41.5 Å². The number of amides is 1. The first-order valence-corrected chi connectivity index (χ1v) is 12.3. The van der Waals surface area contributed by atoms with E-state index in [0.717, 1.165) is 30.2 Å². The minimum Gasteiger partial charge on any atom is -0.366 e. The van der Waals surface area contributed by atoms with Crippen LogP contribution in [0.4, 0.5) is 15.8 Å². The molecule has 31 heavy (non-hydrogen) atoms. The third-order valence-electron chi connectivity index (χ3n) is 6.04. The van der Waals surface area contributed by atoms with Gasteiger partial charge in [0.1, 0.15) is 5.82 Å². The predicted molar refractivity (Wildman–Crippen MR) is 118 cm³/mol. The number of anilines is 2. The molecule has 0 saturated carbocycles. The molecule has 0 bridgehead atoms. The molecule has 0 aliphatic carbocycles. The molecule has 8 nitrogen and oxygen atoms in total. The summed E-state index contributed by atoms with van der Waals surface area (Å²) in [6.45, 7) is 7.04. The van der Waals surface area contributed by atoms with E-state index in [1.807, 2.05) is 23.4 Å². The lowest BCUT2D eigenvalue weighted by Gasteiger charge is -2.36. The lowest BCUT2D eigenvalue weighted by molar-refractivity contribution is -0.117. The summed E-state index contributed by atoms with van der Waals surface area (Å²) in [6, 6.07) is 6.04. The van der Waals surface area contributed by atoms with Crippen LogP contribution in [0, 0.1) is 19.7 Å². The number of halogens is 1. The molecule has 1 aromatic heterocycles. The number of hydrogen-bond donors (Lipinski definition) is 1. The van der Waals surface area contributed by atoms with Crippen LogP contribution in [0.5, 0.6) is 0 Å². The van der Waals surface area contributed by atoms with Crippen molar-refractivity contribution < 1.29 is 17.6 Å². The number of aryl methyl sites for hydroxylation is 1. The number of carbonyl (C=O) groups excluding carboxylic acids is 1. The molecule has 3 heterocycles. The van der Waals surface area contributed by atoms with Gasteiger partial charge in [-0.05, 0) is 32.4 Å². The lowest BCUT2D eigenvalue weighted by atomic mass is 10.2. The van der Waals surface area contributed by atoms with Crippen molar-refractivity contribution in [2.45, 2.75) is 26.3 Å². The van der Waals surface area contributed by atoms with Crippen molar-refractivity contribution in [1.82, 2.24) is 14.7 Å². The average molecular weight is 450 g/mol. The number of carbonyl (C=O) groups is 1. The zero-order valence-electron chi connectivity index (χ0n) is 17.8. The van der Waals surface area contributed by atoms with Gasteiger partial charge < -0.3 is 10.2 Å². The zero-order valence-corrected chi connectivity index (χ0v) is 18.7. The van der Waals surface area contributed by atoms with Crippen LogP contribution in [0.15, 0.2) is 24.3 Å². The molecule has 168 valence electrons. The number of nitrogens with zero attached hydrogens (tertiary/aromatic N) is 4. The van der Waals surface area contributed by atoms with Gasteiger partial charge in [0.25, 0.3) is 0 Å². The molecule has 10 heteroatoms. The smallest absolute Gasteiger partial charge is 0.238 e. The first-order valence-electron chi connectivity index (χ1n) is 10.5. The fourth-order valence-corrected chi connectivity index (χ4v) is 6.21. The second-order valence-corrected chi connectivity index (χ2v) is 10.5. The summed E-state index contributed by atoms with van der Waals surface area (Å²) < 4.78 is 39.3. The Balaban J connectivity index is 1.36. The van der Waals surface area contributed by atoms with Gasteiger partial charge in [-0.25, -0.2) is 12.8 Å². The highest BCUT2D eigenvalue weighted by atomic mass is 32.2. The minimum absolute atomic E-state index is 0.0965. The quantitative estimate of drug-likeness (QED) is 0.749. The highest BCUT2D eigenvalue weighted by Crippen LogP contribution is 2.31. The van der Waals surface area contributed by atoms with Crippen molar-refractivity contribution in [3.63, 3.8) is 0 Å². The molecule has 1 atom stereocenters. The highest BCUT2D eigenvalue weighted by Gasteiger charge is 2.32. The number of rotatable bonds is 5. The molecule has 2 aliphatic heterocycles. The fourth-order valence-electron chi connectivity index (χ4n) is 4.52. The average Bonchev–Trinajstić information content (AvgIpc) is 3.22. The Morgan fingerprint density at radius 1 is 1.19 bits per heavy atom. The van der Waals surface area contributed by atoms with E-state index >= 15 is 0 Å². The van der Waals surface area contributed by atoms with Gasteiger partial charge in [-0.3, -0.25) is 14.4 Å². The monoisotopic (exact) mass is 449 g/mol. The van der Waals surface area contributed by atoms with Crippen molar-refractivity contribution in [2.24, 2.45) is 0 Å². The van der Waals surface area contributed by atoms with Gasteiger partial charge in [0, 0.05) is 26.2 Å². The second kappa shape index (κ2) is 8.58. The summed E-state index contributed by atoms with van der Waals surface area (Å²) in [7, 11) is -2.98. The molecule has 1 amide bonds. The van der Waals surface area contributed by atoms with E-state index in [2.05, 4.69) is 15.3 Å². The SMILES string of the molecule is Cc1nn([C@H]2CCS(=O)(=O)C2)c(C)c1N1CCN(CC(=O)Nc2ccccc2F)CC1. The molecule has 4 rings (SSSR count). The highest BCUT2D eigenvalue weighted by molar-refractivity contribution is 7.91. The van der Waals surface area contributed by atoms with E-state index in [4.69, 9.17) is 0 Å². The topological polar surface area (TPSA) is 87.5 Å². The minimum atomic E-state index is -2.98. The normalized spacial score (nSPS) is 21.4. The van der Waals surface area contributed by atoms with Crippen molar-refractivity contribution >= 4 is 27.1 Å². The number of para-hydroxylation sites is 1. The fraction of sp³-hybridized carbons (Fsp3) is 0.524. The van der Waals surface area contributed by atoms with Gasteiger partial charge in [0.15, 0.2) is 9.84 Å². The molecule has 2 fully saturated rings. The molecule has 1 N–H and O–H groups in total. The molecule has 0 radical (unpaired) electrons. The Morgan fingerprint density at radius 3 is 2.55 bits per heavy atom. The summed E-state index contributed by atoms with van der Waals surface area (Å²) >= 11 is 0. The Bertz CT molecular complexity index is 1080. The number of nitrogens with one attached hydrogen (secondary N) is 1. The van der Waals surface area contributed by atoms with Gasteiger partial charge >= 0.3 is 0 Å². The van der Waals surface area contributed by atoms with Crippen LogP contribution in [-0.4, -0.2) is 73.2 Å². The summed E-state index contributed by atoms with van der Waals surface area (Å²) in [4.78, 5) is 16.6. The molecule has 2 aliphatic rings. The third kappa shape index (κ3) is 4.74. The first-order chi connectivity index (χ1) is 14.7. The van der Waals surface area contributed by atoms with Crippen molar-refractivity contribution in [2.75, 3.05) is 54.4 Å². The van der Waals surface area contributed by atoms with E-state index in [-0.39, 0.29) is 35.7 Å². The summed E-state index contributed by atoms with van der Waals surface area (Å²) in [6.07, 6.45) is 0.606. The lowest BCUT2D eigenvalue weighted by Crippen LogP contribution is -2.49. The molecule has 1 aromatic carbocycles. The Morgan fingerprint density at radius 2 is 1.90 bits per heavy atom. The number of piperazine rings is 1. The van der Waals surface area contributed by atoms with Crippen molar-refractivity contribution in [3.8, 4) is 0 Å². The van der Waals surface area contributed by atoms with Crippen LogP contribution in [0.2, 0.25) is 0 Å². The maximum atomic E-state index is 13.7. The van der Waals surface area contributed by atoms with Crippen LogP contribution >= 0.6 is 0 Å². The van der Waals surface area contributed by atoms with Crippen LogP contribution in [0.3, 0.4) is 0 Å². The van der Waals surface area contributed by atoms with E-state index in [9.17, 15) is 17.6 Å². The maximum absolute atomic E-state index is 13.7. The number of aromatic nitrogens is 2. The summed E-state index contributed by atoms with van der Waals surface area (Å²) in [5, 5.41) is 7.28. The van der Waals surface area contributed by atoms with E-state index in [0.29, 0.717) is 19.5 Å². The Hall–Kier alpha value is -2.46. The van der Waals surface area contributed by atoms with Crippen LogP contribution in [0.25, 0.3) is 0 Å². The number of sulfone groups is 1. The van der Waals surface area contributed by atoms with E-state index < -0.39 is 15.7 Å². The first kappa shape index (κ1) is 21.8. The molecule has 2 aromatic rings. The standard InChI is InChI=1S/C21H28FN5O3S/c1-15-21(16(2)27(24-15)17-7-12-31(29,30)14-17)26-10-8-25(9-11-26)13-20(28)23-19-6-4-3-5-18(19)22/h3-6,17H,7-14H2,1-2H3,(H,23,28)/t17-/m0/s1. The molecule has 0 unspecified atom stereocenters. The zero-order chi connectivity index (χ0) is 22.2. The Labute approximate surface area is 181 Å². The van der Waals surface area contributed by atoms with Gasteiger partial charge in [0.2, 0.25) is 5.91 Å². The second-order valence-electron chi connectivity index (χ2n) is 8.31. The maximum Gasteiger partial charge on any atom is 0.238 e. The van der Waals surface area contributed by atoms with Gasteiger partial charge in [-0.1, -0.05) is 12.1 Å². The molecular weight excluding hydrogens is 421 g/mol. The van der Waals surface area contributed by atoms with Crippen LogP contribution in [0.1, 0.15) is 23.9 Å². The van der Waals surface area contributed by atoms with Crippen molar-refractivity contribution in [1.29, 1.82) is 0 Å². The molecular formula is C21H28FN5O3S.